The molecule has 1 atom stereocenters. The molecular weight excluding hydrogens is 228 g/mol. The Balaban J connectivity index is 2.77. The molecule has 14 heavy (non-hydrogen) atoms. The van der Waals surface area contributed by atoms with Gasteiger partial charge >= 0.3 is 6.18 Å². The van der Waals surface area contributed by atoms with E-state index in [1.165, 1.54) is 17.4 Å². The second-order valence-electron chi connectivity index (χ2n) is 2.86. The lowest BCUT2D eigenvalue weighted by molar-refractivity contribution is -0.136. The third kappa shape index (κ3) is 1.64. The van der Waals surface area contributed by atoms with Gasteiger partial charge in [0.25, 0.3) is 0 Å². The lowest BCUT2D eigenvalue weighted by atomic mass is 10.1. The normalized spacial score (nSPS) is 12.3. The van der Waals surface area contributed by atoms with E-state index in [9.17, 15) is 13.2 Å². The molecule has 5 heteroatoms. The molecule has 0 aliphatic rings. The third-order valence-corrected chi connectivity index (χ3v) is 3.34. The zero-order valence-electron chi connectivity index (χ0n) is 6.93. The first-order chi connectivity index (χ1) is 6.48. The molecule has 74 valence electrons. The maximum absolute atomic E-state index is 12.5. The Kier molecular flexibility index (Phi) is 2.28. The van der Waals surface area contributed by atoms with E-state index in [0.29, 0.717) is 4.70 Å². The highest BCUT2D eigenvalue weighted by Gasteiger charge is 2.32. The van der Waals surface area contributed by atoms with Crippen LogP contribution in [-0.4, -0.2) is 0 Å². The molecule has 0 N–H and O–H groups in total. The van der Waals surface area contributed by atoms with Crippen LogP contribution in [0.3, 0.4) is 0 Å². The largest absolute Gasteiger partial charge is 0.417 e. The number of fused-ring (bicyclic) bond motifs is 1. The average Bonchev–Trinajstić information content (AvgIpc) is 2.41. The molecule has 0 spiro atoms. The predicted molar refractivity (Wildman–Crippen MR) is 56.2 cm³/mol. The van der Waals surface area contributed by atoms with Gasteiger partial charge in [0.2, 0.25) is 0 Å². The fourth-order valence-corrected chi connectivity index (χ4v) is 2.73. The SMILES string of the molecule is FC(F)(F)c1cccc2sc(P)cc12. The van der Waals surface area contributed by atoms with Crippen LogP contribution in [0, 0.1) is 0 Å². The molecule has 0 aliphatic heterocycles. The highest BCUT2D eigenvalue weighted by Crippen LogP contribution is 2.36. The second kappa shape index (κ2) is 3.21. The molecule has 0 radical (unpaired) electrons. The lowest BCUT2D eigenvalue weighted by Crippen LogP contribution is -2.04. The molecule has 2 rings (SSSR count). The van der Waals surface area contributed by atoms with E-state index in [1.807, 2.05) is 0 Å². The molecule has 2 aromatic rings. The van der Waals surface area contributed by atoms with Crippen LogP contribution in [0.2, 0.25) is 0 Å². The minimum absolute atomic E-state index is 0.287. The molecule has 0 aliphatic carbocycles. The summed E-state index contributed by atoms with van der Waals surface area (Å²) in [6.45, 7) is 0. The van der Waals surface area contributed by atoms with E-state index < -0.39 is 11.7 Å². The minimum Gasteiger partial charge on any atom is -0.166 e. The third-order valence-electron chi connectivity index (χ3n) is 1.89. The number of alkyl halides is 3. The van der Waals surface area contributed by atoms with Crippen molar-refractivity contribution >= 4 is 35.3 Å². The first-order valence-corrected chi connectivity index (χ1v) is 5.23. The van der Waals surface area contributed by atoms with Crippen LogP contribution in [0.4, 0.5) is 13.2 Å². The van der Waals surface area contributed by atoms with Crippen molar-refractivity contribution < 1.29 is 13.2 Å². The number of benzene rings is 1. The van der Waals surface area contributed by atoms with Crippen LogP contribution < -0.4 is 4.62 Å². The van der Waals surface area contributed by atoms with Crippen LogP contribution in [0.5, 0.6) is 0 Å². The molecule has 0 saturated carbocycles. The number of halogens is 3. The molecule has 0 saturated heterocycles. The Morgan fingerprint density at radius 1 is 1.21 bits per heavy atom. The molecule has 0 bridgehead atoms. The van der Waals surface area contributed by atoms with Crippen LogP contribution in [0.25, 0.3) is 10.1 Å². The summed E-state index contributed by atoms with van der Waals surface area (Å²) in [6.07, 6.45) is -4.27. The van der Waals surface area contributed by atoms with Crippen molar-refractivity contribution in [2.45, 2.75) is 6.18 Å². The monoisotopic (exact) mass is 234 g/mol. The van der Waals surface area contributed by atoms with Crippen LogP contribution in [0.1, 0.15) is 5.56 Å². The minimum atomic E-state index is -4.27. The number of hydrogen-bond donors (Lipinski definition) is 0. The van der Waals surface area contributed by atoms with Gasteiger partial charge in [0.15, 0.2) is 0 Å². The summed E-state index contributed by atoms with van der Waals surface area (Å²) in [5, 5.41) is 0.287. The number of rotatable bonds is 0. The van der Waals surface area contributed by atoms with Crippen molar-refractivity contribution in [3.05, 3.63) is 29.8 Å². The highest BCUT2D eigenvalue weighted by atomic mass is 32.1. The van der Waals surface area contributed by atoms with E-state index in [1.54, 1.807) is 12.1 Å². The number of thiophene rings is 1. The summed E-state index contributed by atoms with van der Waals surface area (Å²) in [4.78, 5) is 0. The summed E-state index contributed by atoms with van der Waals surface area (Å²) >= 11 is 1.35. The van der Waals surface area contributed by atoms with Crippen molar-refractivity contribution in [1.82, 2.24) is 0 Å². The van der Waals surface area contributed by atoms with Gasteiger partial charge in [-0.1, -0.05) is 15.3 Å². The van der Waals surface area contributed by atoms with Crippen LogP contribution in [0.15, 0.2) is 24.3 Å². The van der Waals surface area contributed by atoms with Crippen molar-refractivity contribution in [2.75, 3.05) is 0 Å². The summed E-state index contributed by atoms with van der Waals surface area (Å²) in [5.74, 6) is 0. The molecule has 0 fully saturated rings. The predicted octanol–water partition coefficient (Wildman–Crippen LogP) is 3.42. The first-order valence-electron chi connectivity index (χ1n) is 3.84. The van der Waals surface area contributed by atoms with Gasteiger partial charge in [-0.3, -0.25) is 0 Å². The Bertz CT molecular complexity index is 472. The smallest absolute Gasteiger partial charge is 0.166 e. The molecule has 1 aromatic carbocycles. The van der Waals surface area contributed by atoms with Crippen molar-refractivity contribution in [1.29, 1.82) is 0 Å². The summed E-state index contributed by atoms with van der Waals surface area (Å²) in [6, 6.07) is 5.79. The second-order valence-corrected chi connectivity index (χ2v) is 5.02. The van der Waals surface area contributed by atoms with Gasteiger partial charge < -0.3 is 0 Å². The highest BCUT2D eigenvalue weighted by molar-refractivity contribution is 7.45. The quantitative estimate of drug-likeness (QED) is 0.613. The van der Waals surface area contributed by atoms with Gasteiger partial charge in [0.1, 0.15) is 0 Å². The van der Waals surface area contributed by atoms with Gasteiger partial charge in [-0.05, 0) is 18.2 Å². The van der Waals surface area contributed by atoms with E-state index in [4.69, 9.17) is 0 Å². The standard InChI is InChI=1S/C9H6F3PS/c10-9(11,12)6-2-1-3-7-5(6)4-8(13)14-7/h1-4H,13H2. The molecule has 1 heterocycles. The van der Waals surface area contributed by atoms with E-state index >= 15 is 0 Å². The van der Waals surface area contributed by atoms with E-state index in [2.05, 4.69) is 9.24 Å². The molecule has 0 amide bonds. The molecule has 0 nitrogen and oxygen atoms in total. The van der Waals surface area contributed by atoms with E-state index in [-0.39, 0.29) is 5.39 Å². The lowest BCUT2D eigenvalue weighted by Gasteiger charge is -2.06. The fourth-order valence-electron chi connectivity index (χ4n) is 1.33. The summed E-state index contributed by atoms with van der Waals surface area (Å²) in [7, 11) is 2.42. The Labute approximate surface area is 84.9 Å². The molecule has 1 aromatic heterocycles. The van der Waals surface area contributed by atoms with Gasteiger partial charge in [0.05, 0.1) is 5.56 Å². The maximum atomic E-state index is 12.5. The van der Waals surface area contributed by atoms with Gasteiger partial charge in [-0.25, -0.2) is 0 Å². The number of hydrogen-bond acceptors (Lipinski definition) is 1. The van der Waals surface area contributed by atoms with Crippen LogP contribution >= 0.6 is 20.6 Å². The average molecular weight is 234 g/mol. The molecule has 1 unspecified atom stereocenters. The molecular formula is C9H6F3PS. The van der Waals surface area contributed by atoms with Gasteiger partial charge in [-0.15, -0.1) is 11.3 Å². The Morgan fingerprint density at radius 3 is 2.57 bits per heavy atom. The Hall–Kier alpha value is -0.600. The van der Waals surface area contributed by atoms with Gasteiger partial charge in [-0.2, -0.15) is 13.2 Å². The Morgan fingerprint density at radius 2 is 1.93 bits per heavy atom. The summed E-state index contributed by atoms with van der Waals surface area (Å²) < 4.78 is 39.1. The zero-order chi connectivity index (χ0) is 10.3. The van der Waals surface area contributed by atoms with Crippen LogP contribution in [-0.2, 0) is 6.18 Å². The van der Waals surface area contributed by atoms with Crippen molar-refractivity contribution in [2.24, 2.45) is 0 Å². The topological polar surface area (TPSA) is 0 Å². The zero-order valence-corrected chi connectivity index (χ0v) is 8.90. The first kappa shape index (κ1) is 9.94. The van der Waals surface area contributed by atoms with Gasteiger partial charge in [0, 0.05) is 14.7 Å². The van der Waals surface area contributed by atoms with Crippen molar-refractivity contribution in [3.63, 3.8) is 0 Å². The maximum Gasteiger partial charge on any atom is 0.417 e. The fraction of sp³-hybridized carbons (Fsp3) is 0.111. The summed E-state index contributed by atoms with van der Waals surface area (Å²) in [5.41, 5.74) is -0.556. The van der Waals surface area contributed by atoms with Crippen molar-refractivity contribution in [3.8, 4) is 0 Å². The van der Waals surface area contributed by atoms with E-state index in [0.717, 1.165) is 10.7 Å².